The van der Waals surface area contributed by atoms with Crippen molar-refractivity contribution in [2.75, 3.05) is 26.2 Å². The number of benzene rings is 1. The van der Waals surface area contributed by atoms with E-state index >= 15 is 0 Å². The summed E-state index contributed by atoms with van der Waals surface area (Å²) in [5.41, 5.74) is 0.615. The van der Waals surface area contributed by atoms with E-state index in [0.29, 0.717) is 51.1 Å². The maximum atomic E-state index is 12.4. The zero-order valence-corrected chi connectivity index (χ0v) is 16.0. The lowest BCUT2D eigenvalue weighted by Crippen LogP contribution is -2.43. The molecule has 2 aliphatic heterocycles. The summed E-state index contributed by atoms with van der Waals surface area (Å²) in [6, 6.07) is 9.01. The summed E-state index contributed by atoms with van der Waals surface area (Å²) < 4.78 is 5.68. The lowest BCUT2D eigenvalue weighted by atomic mass is 9.84. The van der Waals surface area contributed by atoms with Gasteiger partial charge in [0.25, 0.3) is 5.91 Å². The number of piperidine rings is 1. The van der Waals surface area contributed by atoms with Crippen LogP contribution in [-0.2, 0) is 14.3 Å². The summed E-state index contributed by atoms with van der Waals surface area (Å²) in [5, 5.41) is 12.1. The first-order chi connectivity index (χ1) is 13.6. The highest BCUT2D eigenvalue weighted by atomic mass is 16.5. The number of carboxylic acid groups (broad SMARTS) is 1. The standard InChI is InChI=1S/C21H28N2O5/c24-18(7-4-11-22-20(25)16-5-2-1-3-6-16)23-12-8-15(9-13-23)19-17(21(26)27)10-14-28-19/h1-3,5-6,15,17,19H,4,7-14H2,(H,22,25)(H,26,27)/t17?,19-/m0/s1. The number of amides is 2. The number of likely N-dealkylation sites (tertiary alicyclic amines) is 1. The quantitative estimate of drug-likeness (QED) is 0.696. The first-order valence-corrected chi connectivity index (χ1v) is 10.0. The van der Waals surface area contributed by atoms with Gasteiger partial charge in [-0.3, -0.25) is 14.4 Å². The van der Waals surface area contributed by atoms with Crippen LogP contribution >= 0.6 is 0 Å². The van der Waals surface area contributed by atoms with Crippen LogP contribution in [0.3, 0.4) is 0 Å². The molecule has 1 aromatic rings. The van der Waals surface area contributed by atoms with Crippen molar-refractivity contribution >= 4 is 17.8 Å². The highest BCUT2D eigenvalue weighted by Crippen LogP contribution is 2.33. The van der Waals surface area contributed by atoms with E-state index in [1.165, 1.54) is 0 Å². The van der Waals surface area contributed by atoms with Gasteiger partial charge in [0.15, 0.2) is 0 Å². The van der Waals surface area contributed by atoms with Crippen molar-refractivity contribution in [3.8, 4) is 0 Å². The van der Waals surface area contributed by atoms with Gasteiger partial charge in [0.05, 0.1) is 12.0 Å². The molecule has 0 radical (unpaired) electrons. The zero-order valence-electron chi connectivity index (χ0n) is 16.0. The maximum Gasteiger partial charge on any atom is 0.309 e. The number of carboxylic acids is 1. The summed E-state index contributed by atoms with van der Waals surface area (Å²) in [7, 11) is 0. The molecule has 1 aromatic carbocycles. The van der Waals surface area contributed by atoms with E-state index in [4.69, 9.17) is 4.74 Å². The Labute approximate surface area is 165 Å². The molecule has 0 saturated carbocycles. The molecule has 3 rings (SSSR count). The third-order valence-corrected chi connectivity index (χ3v) is 5.70. The minimum absolute atomic E-state index is 0.0922. The Kier molecular flexibility index (Phi) is 7.03. The molecule has 2 aliphatic rings. The Morgan fingerprint density at radius 2 is 1.82 bits per heavy atom. The molecule has 2 atom stereocenters. The van der Waals surface area contributed by atoms with Gasteiger partial charge in [-0.25, -0.2) is 0 Å². The van der Waals surface area contributed by atoms with Crippen molar-refractivity contribution < 1.29 is 24.2 Å². The fourth-order valence-electron chi connectivity index (χ4n) is 4.11. The number of nitrogens with zero attached hydrogens (tertiary/aromatic N) is 1. The van der Waals surface area contributed by atoms with E-state index in [9.17, 15) is 19.5 Å². The van der Waals surface area contributed by atoms with Crippen LogP contribution in [0.4, 0.5) is 0 Å². The van der Waals surface area contributed by atoms with Gasteiger partial charge >= 0.3 is 5.97 Å². The second-order valence-corrected chi connectivity index (χ2v) is 7.51. The monoisotopic (exact) mass is 388 g/mol. The normalized spacial score (nSPS) is 22.8. The number of nitrogens with one attached hydrogen (secondary N) is 1. The number of rotatable bonds is 7. The maximum absolute atomic E-state index is 12.4. The van der Waals surface area contributed by atoms with E-state index in [1.54, 1.807) is 12.1 Å². The van der Waals surface area contributed by atoms with Crippen LogP contribution in [0.25, 0.3) is 0 Å². The van der Waals surface area contributed by atoms with Gasteiger partial charge in [-0.1, -0.05) is 18.2 Å². The Balaban J connectivity index is 1.35. The average molecular weight is 388 g/mol. The number of hydrogen-bond donors (Lipinski definition) is 2. The molecular weight excluding hydrogens is 360 g/mol. The highest BCUT2D eigenvalue weighted by Gasteiger charge is 2.40. The molecule has 2 fully saturated rings. The van der Waals surface area contributed by atoms with E-state index in [2.05, 4.69) is 5.32 Å². The molecule has 28 heavy (non-hydrogen) atoms. The molecule has 0 bridgehead atoms. The van der Waals surface area contributed by atoms with Crippen LogP contribution in [0.15, 0.2) is 30.3 Å². The van der Waals surface area contributed by atoms with E-state index in [1.807, 2.05) is 23.1 Å². The number of ether oxygens (including phenoxy) is 1. The van der Waals surface area contributed by atoms with Crippen molar-refractivity contribution in [2.24, 2.45) is 11.8 Å². The van der Waals surface area contributed by atoms with E-state index in [0.717, 1.165) is 12.8 Å². The summed E-state index contributed by atoms with van der Waals surface area (Å²) in [4.78, 5) is 37.6. The smallest absolute Gasteiger partial charge is 0.309 e. The first kappa shape index (κ1) is 20.3. The van der Waals surface area contributed by atoms with Crippen molar-refractivity contribution in [2.45, 2.75) is 38.2 Å². The second kappa shape index (κ2) is 9.68. The van der Waals surface area contributed by atoms with Crippen molar-refractivity contribution in [1.82, 2.24) is 10.2 Å². The number of aliphatic carboxylic acids is 1. The Morgan fingerprint density at radius 3 is 2.50 bits per heavy atom. The fraction of sp³-hybridized carbons (Fsp3) is 0.571. The molecule has 2 amide bonds. The molecule has 1 unspecified atom stereocenters. The summed E-state index contributed by atoms with van der Waals surface area (Å²) in [5.74, 6) is -1.02. The second-order valence-electron chi connectivity index (χ2n) is 7.51. The minimum atomic E-state index is -0.779. The predicted molar refractivity (Wildman–Crippen MR) is 103 cm³/mol. The van der Waals surface area contributed by atoms with Gasteiger partial charge in [-0.05, 0) is 43.7 Å². The largest absolute Gasteiger partial charge is 0.481 e. The molecule has 7 nitrogen and oxygen atoms in total. The molecule has 0 aliphatic carbocycles. The first-order valence-electron chi connectivity index (χ1n) is 10.0. The molecular formula is C21H28N2O5. The minimum Gasteiger partial charge on any atom is -0.481 e. The highest BCUT2D eigenvalue weighted by molar-refractivity contribution is 5.94. The summed E-state index contributed by atoms with van der Waals surface area (Å²) in [6.45, 7) is 2.26. The van der Waals surface area contributed by atoms with Crippen LogP contribution in [0, 0.1) is 11.8 Å². The van der Waals surface area contributed by atoms with Crippen molar-refractivity contribution in [3.63, 3.8) is 0 Å². The SMILES string of the molecule is O=C(NCCCC(=O)N1CCC([C@@H]2OCCC2C(=O)O)CC1)c1ccccc1. The molecule has 0 aromatic heterocycles. The molecule has 7 heteroatoms. The number of carbonyl (C=O) groups excluding carboxylic acids is 2. The third-order valence-electron chi connectivity index (χ3n) is 5.70. The Bertz CT molecular complexity index is 685. The molecule has 152 valence electrons. The van der Waals surface area contributed by atoms with Crippen LogP contribution in [0.5, 0.6) is 0 Å². The van der Waals surface area contributed by atoms with Crippen molar-refractivity contribution in [1.29, 1.82) is 0 Å². The predicted octanol–water partition coefficient (Wildman–Crippen LogP) is 1.92. The van der Waals surface area contributed by atoms with Crippen LogP contribution in [-0.4, -0.2) is 60.1 Å². The van der Waals surface area contributed by atoms with Crippen LogP contribution in [0.2, 0.25) is 0 Å². The topological polar surface area (TPSA) is 95.9 Å². The van der Waals surface area contributed by atoms with Gasteiger partial charge in [-0.15, -0.1) is 0 Å². The summed E-state index contributed by atoms with van der Waals surface area (Å²) >= 11 is 0. The van der Waals surface area contributed by atoms with Gasteiger partial charge in [0, 0.05) is 38.2 Å². The van der Waals surface area contributed by atoms with Gasteiger partial charge in [0.2, 0.25) is 5.91 Å². The zero-order chi connectivity index (χ0) is 19.9. The van der Waals surface area contributed by atoms with Crippen LogP contribution in [0.1, 0.15) is 42.5 Å². The molecule has 2 N–H and O–H groups in total. The molecule has 2 heterocycles. The summed E-state index contributed by atoms with van der Waals surface area (Å²) in [6.07, 6.45) is 2.92. The fourth-order valence-corrected chi connectivity index (χ4v) is 4.11. The Morgan fingerprint density at radius 1 is 1.11 bits per heavy atom. The number of hydrogen-bond acceptors (Lipinski definition) is 4. The lowest BCUT2D eigenvalue weighted by molar-refractivity contribution is -0.146. The lowest BCUT2D eigenvalue weighted by Gasteiger charge is -2.35. The number of carbonyl (C=O) groups is 3. The average Bonchev–Trinajstić information content (AvgIpc) is 3.22. The van der Waals surface area contributed by atoms with Gasteiger partial charge < -0.3 is 20.1 Å². The van der Waals surface area contributed by atoms with Gasteiger partial charge in [0.1, 0.15) is 0 Å². The van der Waals surface area contributed by atoms with Crippen molar-refractivity contribution in [3.05, 3.63) is 35.9 Å². The Hall–Kier alpha value is -2.41. The molecule has 2 saturated heterocycles. The third kappa shape index (κ3) is 5.10. The molecule has 0 spiro atoms. The van der Waals surface area contributed by atoms with E-state index < -0.39 is 11.9 Å². The van der Waals surface area contributed by atoms with Crippen LogP contribution < -0.4 is 5.32 Å². The van der Waals surface area contributed by atoms with Gasteiger partial charge in [-0.2, -0.15) is 0 Å². The van der Waals surface area contributed by atoms with E-state index in [-0.39, 0.29) is 23.8 Å².